The number of hydrogen-bond donors (Lipinski definition) is 3. The number of anilines is 4. The van der Waals surface area contributed by atoms with Gasteiger partial charge >= 0.3 is 0 Å². The number of benzene rings is 1. The van der Waals surface area contributed by atoms with Gasteiger partial charge in [0.05, 0.1) is 0 Å². The van der Waals surface area contributed by atoms with Crippen LogP contribution in [0.1, 0.15) is 6.92 Å². The SMILES string of the molecule is CCNc1cc(Nc2cccc(NC)c2)ncn1. The van der Waals surface area contributed by atoms with Crippen LogP contribution < -0.4 is 16.0 Å². The first-order valence-corrected chi connectivity index (χ1v) is 5.92. The zero-order chi connectivity index (χ0) is 12.8. The van der Waals surface area contributed by atoms with Crippen molar-refractivity contribution in [2.45, 2.75) is 6.92 Å². The van der Waals surface area contributed by atoms with Gasteiger partial charge in [0.15, 0.2) is 0 Å². The lowest BCUT2D eigenvalue weighted by Gasteiger charge is -2.08. The van der Waals surface area contributed by atoms with Crippen LogP contribution in [0.15, 0.2) is 36.7 Å². The summed E-state index contributed by atoms with van der Waals surface area (Å²) in [7, 11) is 1.90. The zero-order valence-electron chi connectivity index (χ0n) is 10.6. The molecule has 1 heterocycles. The first-order valence-electron chi connectivity index (χ1n) is 5.92. The third kappa shape index (κ3) is 3.10. The summed E-state index contributed by atoms with van der Waals surface area (Å²) >= 11 is 0. The van der Waals surface area contributed by atoms with Gasteiger partial charge in [-0.15, -0.1) is 0 Å². The van der Waals surface area contributed by atoms with E-state index < -0.39 is 0 Å². The highest BCUT2D eigenvalue weighted by Gasteiger charge is 1.99. The number of aromatic nitrogens is 2. The van der Waals surface area contributed by atoms with Crippen molar-refractivity contribution < 1.29 is 0 Å². The van der Waals surface area contributed by atoms with Gasteiger partial charge in [0, 0.05) is 31.0 Å². The summed E-state index contributed by atoms with van der Waals surface area (Å²) in [5, 5.41) is 9.50. The van der Waals surface area contributed by atoms with E-state index in [0.29, 0.717) is 0 Å². The van der Waals surface area contributed by atoms with Crippen molar-refractivity contribution in [3.05, 3.63) is 36.7 Å². The molecular formula is C13H17N5. The molecule has 5 heteroatoms. The van der Waals surface area contributed by atoms with Crippen molar-refractivity contribution in [1.29, 1.82) is 0 Å². The quantitative estimate of drug-likeness (QED) is 0.753. The molecule has 0 saturated carbocycles. The molecule has 94 valence electrons. The molecule has 0 saturated heterocycles. The summed E-state index contributed by atoms with van der Waals surface area (Å²) < 4.78 is 0. The van der Waals surface area contributed by atoms with E-state index in [1.165, 1.54) is 0 Å². The molecule has 1 aromatic heterocycles. The summed E-state index contributed by atoms with van der Waals surface area (Å²) in [5.74, 6) is 1.59. The molecule has 0 radical (unpaired) electrons. The maximum atomic E-state index is 4.19. The standard InChI is InChI=1S/C13H17N5/c1-3-15-12-8-13(17-9-16-12)18-11-6-4-5-10(7-11)14-2/h4-9,14H,3H2,1-2H3,(H2,15,16,17,18). The minimum atomic E-state index is 0.772. The lowest BCUT2D eigenvalue weighted by Crippen LogP contribution is -2.01. The van der Waals surface area contributed by atoms with Crippen molar-refractivity contribution in [2.24, 2.45) is 0 Å². The van der Waals surface area contributed by atoms with Gasteiger partial charge in [0.1, 0.15) is 18.0 Å². The Hall–Kier alpha value is -2.30. The Balaban J connectivity index is 2.14. The van der Waals surface area contributed by atoms with E-state index in [2.05, 4.69) is 25.9 Å². The van der Waals surface area contributed by atoms with Gasteiger partial charge in [0.2, 0.25) is 0 Å². The minimum Gasteiger partial charge on any atom is -0.388 e. The van der Waals surface area contributed by atoms with E-state index >= 15 is 0 Å². The highest BCUT2D eigenvalue weighted by Crippen LogP contribution is 2.19. The van der Waals surface area contributed by atoms with Crippen LogP contribution >= 0.6 is 0 Å². The molecule has 0 unspecified atom stereocenters. The van der Waals surface area contributed by atoms with Gasteiger partial charge < -0.3 is 16.0 Å². The van der Waals surface area contributed by atoms with Crippen molar-refractivity contribution in [1.82, 2.24) is 9.97 Å². The number of nitrogens with zero attached hydrogens (tertiary/aromatic N) is 2. The maximum Gasteiger partial charge on any atom is 0.135 e. The Morgan fingerprint density at radius 3 is 2.61 bits per heavy atom. The van der Waals surface area contributed by atoms with E-state index in [4.69, 9.17) is 0 Å². The van der Waals surface area contributed by atoms with Gasteiger partial charge in [-0.1, -0.05) is 6.07 Å². The molecule has 2 aromatic rings. The highest BCUT2D eigenvalue weighted by atomic mass is 15.1. The highest BCUT2D eigenvalue weighted by molar-refractivity contribution is 5.63. The van der Waals surface area contributed by atoms with E-state index in [9.17, 15) is 0 Å². The van der Waals surface area contributed by atoms with E-state index in [1.807, 2.05) is 44.3 Å². The molecule has 0 bridgehead atoms. The van der Waals surface area contributed by atoms with Crippen LogP contribution in [0.3, 0.4) is 0 Å². The first kappa shape index (κ1) is 12.2. The van der Waals surface area contributed by atoms with E-state index in [1.54, 1.807) is 6.33 Å². The fourth-order valence-corrected chi connectivity index (χ4v) is 1.60. The third-order valence-electron chi connectivity index (χ3n) is 2.45. The van der Waals surface area contributed by atoms with Crippen LogP contribution in [0.4, 0.5) is 23.0 Å². The second-order valence-corrected chi connectivity index (χ2v) is 3.77. The number of nitrogens with one attached hydrogen (secondary N) is 3. The predicted molar refractivity (Wildman–Crippen MR) is 75.5 cm³/mol. The van der Waals surface area contributed by atoms with Crippen LogP contribution in [0.2, 0.25) is 0 Å². The Kier molecular flexibility index (Phi) is 3.96. The third-order valence-corrected chi connectivity index (χ3v) is 2.45. The van der Waals surface area contributed by atoms with Gasteiger partial charge in [-0.2, -0.15) is 0 Å². The summed E-state index contributed by atoms with van der Waals surface area (Å²) in [6.45, 7) is 2.87. The smallest absolute Gasteiger partial charge is 0.135 e. The summed E-state index contributed by atoms with van der Waals surface area (Å²) in [5.41, 5.74) is 2.05. The predicted octanol–water partition coefficient (Wildman–Crippen LogP) is 2.69. The molecule has 0 amide bonds. The minimum absolute atomic E-state index is 0.772. The Bertz CT molecular complexity index is 512. The van der Waals surface area contributed by atoms with E-state index in [-0.39, 0.29) is 0 Å². The van der Waals surface area contributed by atoms with Crippen molar-refractivity contribution >= 4 is 23.0 Å². The van der Waals surface area contributed by atoms with Gasteiger partial charge in [-0.25, -0.2) is 9.97 Å². The monoisotopic (exact) mass is 243 g/mol. The molecule has 0 fully saturated rings. The molecule has 0 aliphatic rings. The van der Waals surface area contributed by atoms with Crippen molar-refractivity contribution in [3.63, 3.8) is 0 Å². The fourth-order valence-electron chi connectivity index (χ4n) is 1.60. The molecule has 5 nitrogen and oxygen atoms in total. The van der Waals surface area contributed by atoms with Crippen LogP contribution in [-0.4, -0.2) is 23.6 Å². The molecular weight excluding hydrogens is 226 g/mol. The lowest BCUT2D eigenvalue weighted by atomic mass is 10.3. The van der Waals surface area contributed by atoms with Gasteiger partial charge in [-0.3, -0.25) is 0 Å². The summed E-state index contributed by atoms with van der Waals surface area (Å²) in [6, 6.07) is 9.90. The summed E-state index contributed by atoms with van der Waals surface area (Å²) in [6.07, 6.45) is 1.54. The average molecular weight is 243 g/mol. The van der Waals surface area contributed by atoms with Crippen LogP contribution in [0.5, 0.6) is 0 Å². The van der Waals surface area contributed by atoms with Crippen molar-refractivity contribution in [2.75, 3.05) is 29.5 Å². The molecule has 0 atom stereocenters. The number of rotatable bonds is 5. The molecule has 18 heavy (non-hydrogen) atoms. The lowest BCUT2D eigenvalue weighted by molar-refractivity contribution is 1.11. The molecule has 0 spiro atoms. The molecule has 0 aliphatic heterocycles. The fraction of sp³-hybridized carbons (Fsp3) is 0.231. The average Bonchev–Trinajstić information content (AvgIpc) is 2.40. The maximum absolute atomic E-state index is 4.19. The van der Waals surface area contributed by atoms with Crippen LogP contribution in [0, 0.1) is 0 Å². The van der Waals surface area contributed by atoms with Crippen molar-refractivity contribution in [3.8, 4) is 0 Å². The molecule has 1 aromatic carbocycles. The molecule has 0 aliphatic carbocycles. The Labute approximate surface area is 107 Å². The molecule has 2 rings (SSSR count). The normalized spacial score (nSPS) is 9.89. The Morgan fingerprint density at radius 2 is 1.83 bits per heavy atom. The second kappa shape index (κ2) is 5.86. The zero-order valence-corrected chi connectivity index (χ0v) is 10.6. The largest absolute Gasteiger partial charge is 0.388 e. The van der Waals surface area contributed by atoms with E-state index in [0.717, 1.165) is 29.6 Å². The van der Waals surface area contributed by atoms with Crippen LogP contribution in [0.25, 0.3) is 0 Å². The number of hydrogen-bond acceptors (Lipinski definition) is 5. The van der Waals surface area contributed by atoms with Gasteiger partial charge in [0.25, 0.3) is 0 Å². The van der Waals surface area contributed by atoms with Crippen LogP contribution in [-0.2, 0) is 0 Å². The van der Waals surface area contributed by atoms with Gasteiger partial charge in [-0.05, 0) is 25.1 Å². The Morgan fingerprint density at radius 1 is 1.06 bits per heavy atom. The second-order valence-electron chi connectivity index (χ2n) is 3.77. The summed E-state index contributed by atoms with van der Waals surface area (Å²) in [4.78, 5) is 8.32. The molecule has 3 N–H and O–H groups in total. The first-order chi connectivity index (χ1) is 8.81. The topological polar surface area (TPSA) is 61.9 Å².